The number of ether oxygens (including phenoxy) is 4. The van der Waals surface area contributed by atoms with Crippen LogP contribution in [0.25, 0.3) is 16.0 Å². The Morgan fingerprint density at radius 2 is 1.78 bits per heavy atom. The number of ketones is 1. The summed E-state index contributed by atoms with van der Waals surface area (Å²) in [5, 5.41) is 22.2. The molecule has 3 aromatic carbocycles. The van der Waals surface area contributed by atoms with Crippen molar-refractivity contribution in [3.05, 3.63) is 71.3 Å². The molecule has 3 heterocycles. The second-order valence-electron chi connectivity index (χ2n) is 9.25. The van der Waals surface area contributed by atoms with Gasteiger partial charge in [0.15, 0.2) is 28.1 Å². The lowest BCUT2D eigenvalue weighted by Gasteiger charge is -2.24. The lowest BCUT2D eigenvalue weighted by atomic mass is 9.95. The number of anilines is 1. The molecule has 6 rings (SSSR count). The lowest BCUT2D eigenvalue weighted by Crippen LogP contribution is -2.29. The molecule has 1 amide bonds. The van der Waals surface area contributed by atoms with Crippen LogP contribution in [0.3, 0.4) is 0 Å². The summed E-state index contributed by atoms with van der Waals surface area (Å²) in [6.07, 6.45) is 0. The summed E-state index contributed by atoms with van der Waals surface area (Å²) in [5.74, 6) is -0.405. The Hall–Kier alpha value is -4.77. The third-order valence-corrected chi connectivity index (χ3v) is 7.74. The quantitative estimate of drug-likeness (QED) is 0.174. The third-order valence-electron chi connectivity index (χ3n) is 6.73. The van der Waals surface area contributed by atoms with E-state index < -0.39 is 17.7 Å². The summed E-state index contributed by atoms with van der Waals surface area (Å²) < 4.78 is 23.2. The van der Waals surface area contributed by atoms with Crippen molar-refractivity contribution in [2.75, 3.05) is 31.3 Å². The molecule has 1 atom stereocenters. The SMILES string of the molecule is CCOc1ccc2nc(N3C(=O)C(=O)/C(=C(/O)c4ccc5c(c4)OCCO5)[C@H]3c3ccc(O)c(OCC)c3)sc2c1. The van der Waals surface area contributed by atoms with E-state index in [9.17, 15) is 19.8 Å². The first-order valence-electron chi connectivity index (χ1n) is 13.1. The zero-order valence-corrected chi connectivity index (χ0v) is 23.1. The number of aliphatic hydroxyl groups excluding tert-OH is 1. The number of rotatable bonds is 7. The van der Waals surface area contributed by atoms with E-state index in [1.54, 1.807) is 49.4 Å². The molecule has 0 saturated carbocycles. The minimum absolute atomic E-state index is 0.0946. The highest BCUT2D eigenvalue weighted by molar-refractivity contribution is 7.22. The third kappa shape index (κ3) is 4.67. The van der Waals surface area contributed by atoms with Crippen LogP contribution in [0.1, 0.15) is 31.0 Å². The van der Waals surface area contributed by atoms with E-state index in [-0.39, 0.29) is 40.1 Å². The minimum atomic E-state index is -1.06. The van der Waals surface area contributed by atoms with Crippen molar-refractivity contribution in [1.82, 2.24) is 4.98 Å². The highest BCUT2D eigenvalue weighted by Crippen LogP contribution is 2.46. The highest BCUT2D eigenvalue weighted by Gasteiger charge is 2.48. The van der Waals surface area contributed by atoms with Gasteiger partial charge in [0.05, 0.1) is 35.0 Å². The van der Waals surface area contributed by atoms with Gasteiger partial charge in [0.25, 0.3) is 5.78 Å². The first kappa shape index (κ1) is 26.5. The van der Waals surface area contributed by atoms with E-state index in [0.717, 1.165) is 4.70 Å². The number of hydrogen-bond acceptors (Lipinski definition) is 10. The molecular formula is C30H26N2O8S. The molecule has 11 heteroatoms. The number of amides is 1. The second-order valence-corrected chi connectivity index (χ2v) is 10.3. The van der Waals surface area contributed by atoms with Crippen molar-refractivity contribution < 1.29 is 38.7 Å². The van der Waals surface area contributed by atoms with E-state index in [0.29, 0.717) is 48.1 Å². The number of hydrogen-bond donors (Lipinski definition) is 2. The van der Waals surface area contributed by atoms with Gasteiger partial charge in [0, 0.05) is 5.56 Å². The zero-order chi connectivity index (χ0) is 28.7. The largest absolute Gasteiger partial charge is 0.507 e. The molecule has 0 aliphatic carbocycles. The molecule has 0 bridgehead atoms. The van der Waals surface area contributed by atoms with Crippen LogP contribution in [-0.4, -0.2) is 53.3 Å². The Labute approximate surface area is 239 Å². The Balaban J connectivity index is 1.53. The summed E-state index contributed by atoms with van der Waals surface area (Å²) in [6.45, 7) is 5.19. The normalized spacial score (nSPS) is 17.7. The monoisotopic (exact) mass is 574 g/mol. The van der Waals surface area contributed by atoms with Crippen LogP contribution in [0.4, 0.5) is 5.13 Å². The fraction of sp³-hybridized carbons (Fsp3) is 0.233. The van der Waals surface area contributed by atoms with Gasteiger partial charge in [-0.2, -0.15) is 0 Å². The van der Waals surface area contributed by atoms with Crippen molar-refractivity contribution >= 4 is 44.1 Å². The first-order valence-corrected chi connectivity index (χ1v) is 13.9. The Morgan fingerprint density at radius 3 is 2.56 bits per heavy atom. The smallest absolute Gasteiger partial charge is 0.301 e. The number of aromatic hydroxyl groups is 1. The number of nitrogens with zero attached hydrogens (tertiary/aromatic N) is 2. The predicted molar refractivity (Wildman–Crippen MR) is 152 cm³/mol. The second kappa shape index (κ2) is 10.7. The van der Waals surface area contributed by atoms with Gasteiger partial charge in [-0.3, -0.25) is 14.5 Å². The molecule has 10 nitrogen and oxygen atoms in total. The van der Waals surface area contributed by atoms with Gasteiger partial charge >= 0.3 is 5.91 Å². The molecule has 0 spiro atoms. The summed E-state index contributed by atoms with van der Waals surface area (Å²) in [4.78, 5) is 33.2. The van der Waals surface area contributed by atoms with E-state index in [1.807, 2.05) is 13.0 Å². The minimum Gasteiger partial charge on any atom is -0.507 e. The van der Waals surface area contributed by atoms with Crippen LogP contribution >= 0.6 is 11.3 Å². The molecule has 1 aromatic heterocycles. The molecule has 2 aliphatic rings. The maximum absolute atomic E-state index is 13.6. The van der Waals surface area contributed by atoms with E-state index in [1.165, 1.54) is 22.3 Å². The molecule has 1 fully saturated rings. The van der Waals surface area contributed by atoms with Gasteiger partial charge in [0.1, 0.15) is 24.7 Å². The predicted octanol–water partition coefficient (Wildman–Crippen LogP) is 5.20. The maximum atomic E-state index is 13.6. The highest BCUT2D eigenvalue weighted by atomic mass is 32.1. The average Bonchev–Trinajstić information content (AvgIpc) is 3.51. The summed E-state index contributed by atoms with van der Waals surface area (Å²) in [7, 11) is 0. The molecule has 41 heavy (non-hydrogen) atoms. The first-order chi connectivity index (χ1) is 19.9. The molecule has 0 radical (unpaired) electrons. The lowest BCUT2D eigenvalue weighted by molar-refractivity contribution is -0.132. The number of aliphatic hydroxyl groups is 1. The van der Waals surface area contributed by atoms with Crippen LogP contribution in [0.5, 0.6) is 28.7 Å². The molecule has 210 valence electrons. The van der Waals surface area contributed by atoms with Crippen LogP contribution < -0.4 is 23.8 Å². The molecular weight excluding hydrogens is 548 g/mol. The topological polar surface area (TPSA) is 128 Å². The van der Waals surface area contributed by atoms with E-state index >= 15 is 0 Å². The van der Waals surface area contributed by atoms with Crippen molar-refractivity contribution in [1.29, 1.82) is 0 Å². The standard InChI is InChI=1S/C30H26N2O8S/c1-3-37-18-7-8-19-24(15-18)41-30(31-19)32-26(16-5-9-20(33)22(13-16)38-4-2)25(28(35)29(32)36)27(34)17-6-10-21-23(14-17)40-12-11-39-21/h5-10,13-15,26,33-34H,3-4,11-12H2,1-2H3/b27-25+/t26-/m1/s1. The van der Waals surface area contributed by atoms with Gasteiger partial charge in [-0.25, -0.2) is 4.98 Å². The van der Waals surface area contributed by atoms with Gasteiger partial charge in [-0.1, -0.05) is 17.4 Å². The van der Waals surface area contributed by atoms with Crippen LogP contribution in [0, 0.1) is 0 Å². The molecule has 2 N–H and O–H groups in total. The Morgan fingerprint density at radius 1 is 1.00 bits per heavy atom. The number of phenolic OH excluding ortho intramolecular Hbond substituents is 1. The van der Waals surface area contributed by atoms with E-state index in [4.69, 9.17) is 18.9 Å². The van der Waals surface area contributed by atoms with Gasteiger partial charge in [-0.15, -0.1) is 0 Å². The number of Topliss-reactive ketones (excluding diaryl/α,β-unsaturated/α-hetero) is 1. The van der Waals surface area contributed by atoms with E-state index in [2.05, 4.69) is 4.98 Å². The number of phenols is 1. The average molecular weight is 575 g/mol. The molecule has 2 aliphatic heterocycles. The summed E-state index contributed by atoms with van der Waals surface area (Å²) >= 11 is 1.22. The Kier molecular flexibility index (Phi) is 6.88. The number of carbonyl (C=O) groups excluding carboxylic acids is 2. The fourth-order valence-corrected chi connectivity index (χ4v) is 5.94. The number of thiazole rings is 1. The van der Waals surface area contributed by atoms with Gasteiger partial charge in [0.2, 0.25) is 0 Å². The van der Waals surface area contributed by atoms with Crippen LogP contribution in [0.15, 0.2) is 60.2 Å². The van der Waals surface area contributed by atoms with Crippen molar-refractivity contribution in [3.8, 4) is 28.7 Å². The molecule has 1 saturated heterocycles. The molecule has 0 unspecified atom stereocenters. The van der Waals surface area contributed by atoms with Crippen LogP contribution in [-0.2, 0) is 9.59 Å². The zero-order valence-electron chi connectivity index (χ0n) is 22.2. The number of aromatic nitrogens is 1. The maximum Gasteiger partial charge on any atom is 0.301 e. The fourth-order valence-electron chi connectivity index (χ4n) is 4.92. The number of benzene rings is 3. The van der Waals surface area contributed by atoms with Crippen molar-refractivity contribution in [3.63, 3.8) is 0 Å². The number of fused-ring (bicyclic) bond motifs is 2. The van der Waals surface area contributed by atoms with Crippen molar-refractivity contribution in [2.24, 2.45) is 0 Å². The Bertz CT molecular complexity index is 1710. The molecule has 4 aromatic rings. The van der Waals surface area contributed by atoms with Crippen molar-refractivity contribution in [2.45, 2.75) is 19.9 Å². The summed E-state index contributed by atoms with van der Waals surface area (Å²) in [5.41, 5.74) is 1.22. The van der Waals surface area contributed by atoms with Crippen LogP contribution in [0.2, 0.25) is 0 Å². The van der Waals surface area contributed by atoms with Gasteiger partial charge < -0.3 is 29.2 Å². The summed E-state index contributed by atoms with van der Waals surface area (Å²) in [6, 6.07) is 13.7. The number of carbonyl (C=O) groups is 2. The van der Waals surface area contributed by atoms with Gasteiger partial charge in [-0.05, 0) is 67.9 Å².